The lowest BCUT2D eigenvalue weighted by molar-refractivity contribution is -0.114. The molecule has 138 valence electrons. The highest BCUT2D eigenvalue weighted by Gasteiger charge is 2.11. The van der Waals surface area contributed by atoms with Gasteiger partial charge in [0.1, 0.15) is 5.76 Å². The van der Waals surface area contributed by atoms with Crippen molar-refractivity contribution in [3.8, 4) is 0 Å². The van der Waals surface area contributed by atoms with E-state index in [-0.39, 0.29) is 12.1 Å². The fourth-order valence-electron chi connectivity index (χ4n) is 2.67. The van der Waals surface area contributed by atoms with Crippen LogP contribution < -0.4 is 4.90 Å². The lowest BCUT2D eigenvalue weighted by Crippen LogP contribution is -2.28. The summed E-state index contributed by atoms with van der Waals surface area (Å²) in [7, 11) is 5.70. The standard InChI is InChI=1S/C21H27N3O2/c1-15(2)22-21(24(6)14-25)26-16(3)13-17-11-12-20(23(4)5)19-10-8-7-9-18(17)19/h7-15H,1-6H3/b16-13+,22-21+. The molecule has 5 nitrogen and oxygen atoms in total. The molecule has 0 radical (unpaired) electrons. The number of benzene rings is 2. The second-order valence-electron chi connectivity index (χ2n) is 6.69. The van der Waals surface area contributed by atoms with Crippen LogP contribution in [0.3, 0.4) is 0 Å². The molecule has 5 heteroatoms. The van der Waals surface area contributed by atoms with Crippen LogP contribution in [0.5, 0.6) is 0 Å². The number of amides is 1. The van der Waals surface area contributed by atoms with E-state index in [1.807, 2.05) is 53.1 Å². The summed E-state index contributed by atoms with van der Waals surface area (Å²) < 4.78 is 5.84. The monoisotopic (exact) mass is 353 g/mol. The highest BCUT2D eigenvalue weighted by molar-refractivity contribution is 5.99. The number of fused-ring (bicyclic) bond motifs is 1. The Bertz CT molecular complexity index is 838. The molecule has 0 aliphatic heterocycles. The van der Waals surface area contributed by atoms with E-state index in [2.05, 4.69) is 34.2 Å². The molecule has 0 fully saturated rings. The van der Waals surface area contributed by atoms with Crippen molar-refractivity contribution in [2.45, 2.75) is 26.8 Å². The zero-order valence-corrected chi connectivity index (χ0v) is 16.4. The normalized spacial score (nSPS) is 12.4. The Hall–Kier alpha value is -2.82. The third kappa shape index (κ3) is 4.63. The number of hydrogen-bond acceptors (Lipinski definition) is 4. The highest BCUT2D eigenvalue weighted by atomic mass is 16.5. The first kappa shape index (κ1) is 19.5. The highest BCUT2D eigenvalue weighted by Crippen LogP contribution is 2.29. The Balaban J connectivity index is 2.43. The third-order valence-electron chi connectivity index (χ3n) is 3.86. The number of aliphatic imine (C=N–C) groups is 1. The second kappa shape index (κ2) is 8.52. The van der Waals surface area contributed by atoms with Crippen molar-refractivity contribution in [1.82, 2.24) is 4.90 Å². The van der Waals surface area contributed by atoms with Crippen LogP contribution >= 0.6 is 0 Å². The van der Waals surface area contributed by atoms with E-state index in [0.29, 0.717) is 12.2 Å². The fraction of sp³-hybridized carbons (Fsp3) is 0.333. The summed E-state index contributed by atoms with van der Waals surface area (Å²) in [4.78, 5) is 18.9. The molecule has 0 unspecified atom stereocenters. The lowest BCUT2D eigenvalue weighted by Gasteiger charge is -2.18. The summed E-state index contributed by atoms with van der Waals surface area (Å²) in [6.45, 7) is 5.74. The van der Waals surface area contributed by atoms with Crippen LogP contribution in [0, 0.1) is 0 Å². The summed E-state index contributed by atoms with van der Waals surface area (Å²) in [5.41, 5.74) is 2.22. The van der Waals surface area contributed by atoms with Gasteiger partial charge in [0.2, 0.25) is 6.41 Å². The average molecular weight is 353 g/mol. The van der Waals surface area contributed by atoms with Gasteiger partial charge in [-0.3, -0.25) is 9.69 Å². The quantitative estimate of drug-likeness (QED) is 0.351. The zero-order chi connectivity index (χ0) is 19.3. The topological polar surface area (TPSA) is 45.1 Å². The number of hydrogen-bond donors (Lipinski definition) is 0. The molecule has 0 aromatic heterocycles. The van der Waals surface area contributed by atoms with Gasteiger partial charge in [0, 0.05) is 38.3 Å². The fourth-order valence-corrected chi connectivity index (χ4v) is 2.67. The minimum absolute atomic E-state index is 0.0282. The lowest BCUT2D eigenvalue weighted by atomic mass is 10.0. The van der Waals surface area contributed by atoms with Gasteiger partial charge in [0.25, 0.3) is 6.02 Å². The van der Waals surface area contributed by atoms with Crippen molar-refractivity contribution in [2.24, 2.45) is 4.99 Å². The van der Waals surface area contributed by atoms with Crippen molar-refractivity contribution >= 4 is 35.0 Å². The zero-order valence-electron chi connectivity index (χ0n) is 16.4. The number of nitrogens with zero attached hydrogens (tertiary/aromatic N) is 3. The number of carbonyl (C=O) groups is 1. The molecule has 0 heterocycles. The maximum absolute atomic E-state index is 11.1. The van der Waals surface area contributed by atoms with Crippen molar-refractivity contribution in [3.63, 3.8) is 0 Å². The van der Waals surface area contributed by atoms with Crippen molar-refractivity contribution in [3.05, 3.63) is 47.7 Å². The Morgan fingerprint density at radius 1 is 1.08 bits per heavy atom. The third-order valence-corrected chi connectivity index (χ3v) is 3.86. The summed E-state index contributed by atoms with van der Waals surface area (Å²) in [5, 5.41) is 2.33. The molecule has 0 saturated carbocycles. The summed E-state index contributed by atoms with van der Waals surface area (Å²) in [5.74, 6) is 0.667. The van der Waals surface area contributed by atoms with Gasteiger partial charge in [-0.25, -0.2) is 4.99 Å². The van der Waals surface area contributed by atoms with E-state index < -0.39 is 0 Å². The smallest absolute Gasteiger partial charge is 0.299 e. The molecule has 0 saturated heterocycles. The summed E-state index contributed by atoms with van der Waals surface area (Å²) in [6.07, 6.45) is 2.66. The first-order valence-electron chi connectivity index (χ1n) is 8.64. The molecule has 2 aromatic carbocycles. The van der Waals surface area contributed by atoms with E-state index in [4.69, 9.17) is 4.74 Å². The predicted octanol–water partition coefficient (Wildman–Crippen LogP) is 4.14. The first-order chi connectivity index (χ1) is 12.3. The molecule has 0 N–H and O–H groups in total. The first-order valence-corrected chi connectivity index (χ1v) is 8.64. The van der Waals surface area contributed by atoms with Gasteiger partial charge in [-0.05, 0) is 43.9 Å². The Labute approximate surface area is 155 Å². The molecule has 26 heavy (non-hydrogen) atoms. The average Bonchev–Trinajstić information content (AvgIpc) is 2.60. The second-order valence-corrected chi connectivity index (χ2v) is 6.69. The summed E-state index contributed by atoms with van der Waals surface area (Å²) >= 11 is 0. The molecule has 0 spiro atoms. The van der Waals surface area contributed by atoms with E-state index in [9.17, 15) is 4.79 Å². The van der Waals surface area contributed by atoms with Gasteiger partial charge in [0.05, 0.1) is 0 Å². The van der Waals surface area contributed by atoms with Crippen LogP contribution in [0.1, 0.15) is 26.3 Å². The van der Waals surface area contributed by atoms with Crippen LogP contribution in [-0.4, -0.2) is 44.5 Å². The van der Waals surface area contributed by atoms with Crippen LogP contribution in [0.25, 0.3) is 16.8 Å². The van der Waals surface area contributed by atoms with E-state index in [0.717, 1.165) is 10.9 Å². The molecule has 0 aliphatic carbocycles. The van der Waals surface area contributed by atoms with Crippen LogP contribution in [0.4, 0.5) is 5.69 Å². The van der Waals surface area contributed by atoms with Gasteiger partial charge in [-0.15, -0.1) is 0 Å². The number of ether oxygens (including phenoxy) is 1. The maximum atomic E-state index is 11.1. The Morgan fingerprint density at radius 3 is 2.31 bits per heavy atom. The van der Waals surface area contributed by atoms with E-state index in [1.54, 1.807) is 7.05 Å². The SMILES string of the molecule is C/C(=C\c1ccc(N(C)C)c2ccccc12)O/C(=N/C(C)C)N(C)C=O. The number of rotatable bonds is 5. The van der Waals surface area contributed by atoms with Crippen LogP contribution in [-0.2, 0) is 9.53 Å². The van der Waals surface area contributed by atoms with Gasteiger partial charge >= 0.3 is 0 Å². The van der Waals surface area contributed by atoms with Gasteiger partial charge in [0.15, 0.2) is 0 Å². The molecular weight excluding hydrogens is 326 g/mol. The van der Waals surface area contributed by atoms with Crippen molar-refractivity contribution < 1.29 is 9.53 Å². The van der Waals surface area contributed by atoms with E-state index >= 15 is 0 Å². The minimum atomic E-state index is 0.0282. The van der Waals surface area contributed by atoms with E-state index in [1.165, 1.54) is 16.0 Å². The van der Waals surface area contributed by atoms with Crippen LogP contribution in [0.2, 0.25) is 0 Å². The molecule has 0 aliphatic rings. The molecule has 0 atom stereocenters. The number of carbonyl (C=O) groups excluding carboxylic acids is 1. The molecule has 1 amide bonds. The number of allylic oxidation sites excluding steroid dienone is 1. The molecule has 2 rings (SSSR count). The van der Waals surface area contributed by atoms with Crippen LogP contribution in [0.15, 0.2) is 47.1 Å². The van der Waals surface area contributed by atoms with Gasteiger partial charge in [-0.1, -0.05) is 30.3 Å². The number of anilines is 1. The molecule has 2 aromatic rings. The largest absolute Gasteiger partial charge is 0.431 e. The molecule has 0 bridgehead atoms. The number of amidine groups is 1. The van der Waals surface area contributed by atoms with Crippen molar-refractivity contribution in [1.29, 1.82) is 0 Å². The van der Waals surface area contributed by atoms with Gasteiger partial charge in [-0.2, -0.15) is 0 Å². The van der Waals surface area contributed by atoms with Crippen molar-refractivity contribution in [2.75, 3.05) is 26.0 Å². The molecular formula is C21H27N3O2. The Kier molecular flexibility index (Phi) is 6.39. The maximum Gasteiger partial charge on any atom is 0.299 e. The predicted molar refractivity (Wildman–Crippen MR) is 109 cm³/mol. The summed E-state index contributed by atoms with van der Waals surface area (Å²) in [6, 6.07) is 12.8. The Morgan fingerprint density at radius 2 is 1.73 bits per heavy atom. The minimum Gasteiger partial charge on any atom is -0.431 e. The van der Waals surface area contributed by atoms with Gasteiger partial charge < -0.3 is 9.64 Å².